The van der Waals surface area contributed by atoms with Gasteiger partial charge in [-0.2, -0.15) is 0 Å². The second kappa shape index (κ2) is 1.53. The SMILES string of the molecule is CC1CC2=CS(=O)(=O)C=C21. The van der Waals surface area contributed by atoms with Gasteiger partial charge in [0.2, 0.25) is 0 Å². The fourth-order valence-electron chi connectivity index (χ4n) is 1.46. The van der Waals surface area contributed by atoms with Crippen molar-refractivity contribution in [2.75, 3.05) is 0 Å². The summed E-state index contributed by atoms with van der Waals surface area (Å²) in [5.41, 5.74) is 2.05. The minimum atomic E-state index is -2.94. The molecule has 0 amide bonds. The molecule has 3 heteroatoms. The molecule has 54 valence electrons. The van der Waals surface area contributed by atoms with Crippen LogP contribution in [0.2, 0.25) is 0 Å². The predicted octanol–water partition coefficient (Wildman–Crippen LogP) is 1.22. The van der Waals surface area contributed by atoms with Crippen molar-refractivity contribution in [3.8, 4) is 0 Å². The third-order valence-corrected chi connectivity index (χ3v) is 3.22. The molecule has 2 nitrogen and oxygen atoms in total. The monoisotopic (exact) mass is 156 g/mol. The molecule has 0 aromatic heterocycles. The number of allylic oxidation sites excluding steroid dienone is 2. The first-order valence-corrected chi connectivity index (χ1v) is 4.87. The molecular formula is C7H8O2S. The summed E-state index contributed by atoms with van der Waals surface area (Å²) in [6.07, 6.45) is 0.936. The Balaban J connectivity index is 2.55. The zero-order valence-electron chi connectivity index (χ0n) is 5.66. The molecule has 0 N–H and O–H groups in total. The summed E-state index contributed by atoms with van der Waals surface area (Å²) in [5, 5.41) is 2.76. The van der Waals surface area contributed by atoms with Crippen molar-refractivity contribution in [2.45, 2.75) is 13.3 Å². The number of fused-ring (bicyclic) bond motifs is 1. The van der Waals surface area contributed by atoms with Crippen LogP contribution in [0.15, 0.2) is 22.0 Å². The zero-order chi connectivity index (χ0) is 7.35. The third kappa shape index (κ3) is 0.669. The molecule has 0 spiro atoms. The van der Waals surface area contributed by atoms with Gasteiger partial charge in [-0.25, -0.2) is 8.42 Å². The van der Waals surface area contributed by atoms with E-state index in [1.807, 2.05) is 6.92 Å². The molecule has 1 aliphatic carbocycles. The van der Waals surface area contributed by atoms with Crippen LogP contribution in [0.1, 0.15) is 13.3 Å². The highest BCUT2D eigenvalue weighted by molar-refractivity contribution is 7.97. The van der Waals surface area contributed by atoms with Crippen LogP contribution in [0, 0.1) is 5.92 Å². The van der Waals surface area contributed by atoms with Crippen molar-refractivity contribution in [2.24, 2.45) is 5.92 Å². The largest absolute Gasteiger partial charge is 0.220 e. The van der Waals surface area contributed by atoms with Crippen LogP contribution in [0.25, 0.3) is 0 Å². The summed E-state index contributed by atoms with van der Waals surface area (Å²) in [6, 6.07) is 0. The highest BCUT2D eigenvalue weighted by Gasteiger charge is 2.32. The third-order valence-electron chi connectivity index (χ3n) is 2.03. The van der Waals surface area contributed by atoms with Crippen molar-refractivity contribution in [1.29, 1.82) is 0 Å². The Morgan fingerprint density at radius 3 is 2.60 bits per heavy atom. The predicted molar refractivity (Wildman–Crippen MR) is 38.9 cm³/mol. The lowest BCUT2D eigenvalue weighted by Crippen LogP contribution is -2.12. The molecule has 0 saturated heterocycles. The van der Waals surface area contributed by atoms with Crippen LogP contribution in [-0.4, -0.2) is 8.42 Å². The summed E-state index contributed by atoms with van der Waals surface area (Å²) in [5.74, 6) is 0.462. The van der Waals surface area contributed by atoms with E-state index in [2.05, 4.69) is 0 Å². The molecule has 1 fully saturated rings. The fourth-order valence-corrected chi connectivity index (χ4v) is 2.89. The Labute approximate surface area is 60.2 Å². The van der Waals surface area contributed by atoms with E-state index in [1.54, 1.807) is 0 Å². The van der Waals surface area contributed by atoms with Gasteiger partial charge in [0.05, 0.1) is 0 Å². The minimum absolute atomic E-state index is 0.462. The second-order valence-corrected chi connectivity index (χ2v) is 4.56. The number of sulfone groups is 1. The van der Waals surface area contributed by atoms with E-state index in [0.29, 0.717) is 5.92 Å². The van der Waals surface area contributed by atoms with Crippen LogP contribution in [0.4, 0.5) is 0 Å². The normalized spacial score (nSPS) is 33.9. The lowest BCUT2D eigenvalue weighted by molar-refractivity contribution is 0.596. The molecule has 1 unspecified atom stereocenters. The summed E-state index contributed by atoms with van der Waals surface area (Å²) in [4.78, 5) is 0. The van der Waals surface area contributed by atoms with Crippen LogP contribution < -0.4 is 0 Å². The standard InChI is InChI=1S/C7H8O2S/c1-5-2-6-3-10(8,9)4-7(5)6/h3-5H,2H2,1H3. The average Bonchev–Trinajstić information content (AvgIpc) is 2.04. The molecule has 0 radical (unpaired) electrons. The molecule has 0 bridgehead atoms. The van der Waals surface area contributed by atoms with Crippen LogP contribution in [0.3, 0.4) is 0 Å². The maximum atomic E-state index is 10.9. The number of rotatable bonds is 0. The van der Waals surface area contributed by atoms with Gasteiger partial charge < -0.3 is 0 Å². The van der Waals surface area contributed by atoms with E-state index in [0.717, 1.165) is 17.6 Å². The molecule has 1 aliphatic heterocycles. The lowest BCUT2D eigenvalue weighted by atomic mass is 9.78. The first-order valence-electron chi connectivity index (χ1n) is 3.26. The molecule has 1 atom stereocenters. The van der Waals surface area contributed by atoms with Gasteiger partial charge in [0.15, 0.2) is 9.84 Å². The quantitative estimate of drug-likeness (QED) is 0.528. The Bertz CT molecular complexity index is 333. The molecule has 1 saturated carbocycles. The highest BCUT2D eigenvalue weighted by atomic mass is 32.2. The maximum Gasteiger partial charge on any atom is 0.193 e. The smallest absolute Gasteiger partial charge is 0.193 e. The summed E-state index contributed by atoms with van der Waals surface area (Å²) in [6.45, 7) is 2.05. The van der Waals surface area contributed by atoms with E-state index in [4.69, 9.17) is 0 Å². The average molecular weight is 156 g/mol. The van der Waals surface area contributed by atoms with Crippen LogP contribution >= 0.6 is 0 Å². The van der Waals surface area contributed by atoms with Crippen molar-refractivity contribution in [1.82, 2.24) is 0 Å². The Hall–Kier alpha value is -0.570. The fraction of sp³-hybridized carbons (Fsp3) is 0.429. The number of hydrogen-bond acceptors (Lipinski definition) is 2. The molecule has 2 rings (SSSR count). The maximum absolute atomic E-state index is 10.9. The van der Waals surface area contributed by atoms with E-state index < -0.39 is 9.84 Å². The van der Waals surface area contributed by atoms with E-state index in [1.165, 1.54) is 10.8 Å². The summed E-state index contributed by atoms with van der Waals surface area (Å²) in [7, 11) is -2.94. The van der Waals surface area contributed by atoms with E-state index >= 15 is 0 Å². The molecule has 0 aromatic carbocycles. The first kappa shape index (κ1) is 6.16. The molecule has 0 aromatic rings. The minimum Gasteiger partial charge on any atom is -0.220 e. The van der Waals surface area contributed by atoms with Crippen LogP contribution in [-0.2, 0) is 9.84 Å². The molecular weight excluding hydrogens is 148 g/mol. The second-order valence-electron chi connectivity index (χ2n) is 2.91. The molecule has 1 heterocycles. The van der Waals surface area contributed by atoms with E-state index in [9.17, 15) is 8.42 Å². The van der Waals surface area contributed by atoms with Gasteiger partial charge in [-0.05, 0) is 23.5 Å². The Kier molecular flexibility index (Phi) is 0.944. The van der Waals surface area contributed by atoms with Crippen LogP contribution in [0.5, 0.6) is 0 Å². The molecule has 2 aliphatic rings. The van der Waals surface area contributed by atoms with Crippen molar-refractivity contribution < 1.29 is 8.42 Å². The zero-order valence-corrected chi connectivity index (χ0v) is 6.48. The van der Waals surface area contributed by atoms with Gasteiger partial charge in [0, 0.05) is 10.8 Å². The van der Waals surface area contributed by atoms with Gasteiger partial charge >= 0.3 is 0 Å². The summed E-state index contributed by atoms with van der Waals surface area (Å²) >= 11 is 0. The van der Waals surface area contributed by atoms with Gasteiger partial charge in [0.25, 0.3) is 0 Å². The van der Waals surface area contributed by atoms with Crippen molar-refractivity contribution >= 4 is 9.84 Å². The van der Waals surface area contributed by atoms with Gasteiger partial charge in [-0.1, -0.05) is 6.92 Å². The number of hydrogen-bond donors (Lipinski definition) is 0. The Morgan fingerprint density at radius 1 is 1.50 bits per heavy atom. The van der Waals surface area contributed by atoms with Crippen molar-refractivity contribution in [3.05, 3.63) is 22.0 Å². The first-order chi connectivity index (χ1) is 4.58. The molecule has 10 heavy (non-hydrogen) atoms. The Morgan fingerprint density at radius 2 is 2.20 bits per heavy atom. The summed E-state index contributed by atoms with van der Waals surface area (Å²) < 4.78 is 21.8. The van der Waals surface area contributed by atoms with Gasteiger partial charge in [0.1, 0.15) is 0 Å². The van der Waals surface area contributed by atoms with Crippen molar-refractivity contribution in [3.63, 3.8) is 0 Å². The van der Waals surface area contributed by atoms with E-state index in [-0.39, 0.29) is 0 Å². The lowest BCUT2D eigenvalue weighted by Gasteiger charge is -2.25. The topological polar surface area (TPSA) is 34.1 Å². The van der Waals surface area contributed by atoms with Gasteiger partial charge in [-0.3, -0.25) is 0 Å². The highest BCUT2D eigenvalue weighted by Crippen LogP contribution is 2.43. The van der Waals surface area contributed by atoms with Gasteiger partial charge in [-0.15, -0.1) is 0 Å².